The molecular formula is C16H14FN3O2. The Balaban J connectivity index is 1.95. The van der Waals surface area contributed by atoms with Crippen molar-refractivity contribution < 1.29 is 9.50 Å². The van der Waals surface area contributed by atoms with E-state index >= 15 is 0 Å². The Morgan fingerprint density at radius 3 is 3.00 bits per heavy atom. The third kappa shape index (κ3) is 2.50. The van der Waals surface area contributed by atoms with Gasteiger partial charge in [-0.2, -0.15) is 0 Å². The first-order valence-corrected chi connectivity index (χ1v) is 6.74. The van der Waals surface area contributed by atoms with Crippen LogP contribution in [0, 0.1) is 12.7 Å². The number of anilines is 1. The molecule has 3 N–H and O–H groups in total. The number of hydrogen-bond acceptors (Lipinski definition) is 4. The average molecular weight is 299 g/mol. The van der Waals surface area contributed by atoms with Crippen LogP contribution in [0.1, 0.15) is 11.1 Å². The summed E-state index contributed by atoms with van der Waals surface area (Å²) in [5.41, 5.74) is 0.670. The van der Waals surface area contributed by atoms with Gasteiger partial charge in [0.25, 0.3) is 0 Å². The van der Waals surface area contributed by atoms with Crippen LogP contribution in [0.4, 0.5) is 10.2 Å². The minimum atomic E-state index is -0.392. The molecule has 0 spiro atoms. The fourth-order valence-corrected chi connectivity index (χ4v) is 2.33. The largest absolute Gasteiger partial charge is 0.508 e. The Bertz CT molecular complexity index is 906. The second-order valence-corrected chi connectivity index (χ2v) is 4.98. The number of aromatic nitrogens is 2. The average Bonchev–Trinajstić information content (AvgIpc) is 2.51. The maximum absolute atomic E-state index is 13.9. The molecule has 1 aromatic carbocycles. The number of hydrogen-bond donors (Lipinski definition) is 3. The van der Waals surface area contributed by atoms with Crippen molar-refractivity contribution in [3.63, 3.8) is 0 Å². The minimum absolute atomic E-state index is 0.0495. The SMILES string of the molecule is Cc1c(O)ccc(F)c1CNc1nccc2cc(=O)[nH]cc12. The van der Waals surface area contributed by atoms with Crippen molar-refractivity contribution in [2.75, 3.05) is 5.32 Å². The maximum atomic E-state index is 13.9. The first kappa shape index (κ1) is 14.1. The zero-order chi connectivity index (χ0) is 15.7. The van der Waals surface area contributed by atoms with Crippen molar-refractivity contribution in [3.05, 3.63) is 64.0 Å². The van der Waals surface area contributed by atoms with E-state index in [1.807, 2.05) is 0 Å². The van der Waals surface area contributed by atoms with Crippen LogP contribution in [0.5, 0.6) is 5.75 Å². The Hall–Kier alpha value is -2.89. The molecule has 6 heteroatoms. The van der Waals surface area contributed by atoms with Crippen molar-refractivity contribution in [1.82, 2.24) is 9.97 Å². The molecule has 112 valence electrons. The highest BCUT2D eigenvalue weighted by molar-refractivity contribution is 5.90. The zero-order valence-corrected chi connectivity index (χ0v) is 11.9. The fraction of sp³-hybridized carbons (Fsp3) is 0.125. The summed E-state index contributed by atoms with van der Waals surface area (Å²) in [6.45, 7) is 1.83. The molecule has 2 aromatic heterocycles. The molecule has 0 amide bonds. The van der Waals surface area contributed by atoms with E-state index in [2.05, 4.69) is 15.3 Å². The number of nitrogens with one attached hydrogen (secondary N) is 2. The molecule has 0 aliphatic carbocycles. The number of nitrogens with zero attached hydrogens (tertiary/aromatic N) is 1. The van der Waals surface area contributed by atoms with Crippen LogP contribution in [0.15, 0.2) is 41.5 Å². The molecule has 0 aliphatic rings. The molecule has 2 heterocycles. The van der Waals surface area contributed by atoms with Gasteiger partial charge in [-0.3, -0.25) is 4.79 Å². The predicted octanol–water partition coefficient (Wildman–Crippen LogP) is 2.69. The lowest BCUT2D eigenvalue weighted by Crippen LogP contribution is -2.07. The summed E-state index contributed by atoms with van der Waals surface area (Å²) in [5.74, 6) is 0.195. The molecule has 0 unspecified atom stereocenters. The molecule has 0 saturated heterocycles. The van der Waals surface area contributed by atoms with Crippen LogP contribution in [0.25, 0.3) is 10.8 Å². The molecule has 0 bridgehead atoms. The Morgan fingerprint density at radius 1 is 1.36 bits per heavy atom. The van der Waals surface area contributed by atoms with E-state index in [0.717, 1.165) is 10.8 Å². The van der Waals surface area contributed by atoms with E-state index in [-0.39, 0.29) is 17.9 Å². The number of fused-ring (bicyclic) bond motifs is 1. The quantitative estimate of drug-likeness (QED) is 0.695. The van der Waals surface area contributed by atoms with Gasteiger partial charge in [-0.1, -0.05) is 0 Å². The lowest BCUT2D eigenvalue weighted by Gasteiger charge is -2.12. The first-order chi connectivity index (χ1) is 10.6. The van der Waals surface area contributed by atoms with E-state index in [1.165, 1.54) is 18.2 Å². The minimum Gasteiger partial charge on any atom is -0.508 e. The molecule has 3 rings (SSSR count). The Labute approximate surface area is 125 Å². The predicted molar refractivity (Wildman–Crippen MR) is 82.5 cm³/mol. The molecule has 22 heavy (non-hydrogen) atoms. The van der Waals surface area contributed by atoms with Crippen LogP contribution in [-0.4, -0.2) is 15.1 Å². The van der Waals surface area contributed by atoms with Crippen molar-refractivity contribution in [3.8, 4) is 5.75 Å². The lowest BCUT2D eigenvalue weighted by atomic mass is 10.1. The summed E-state index contributed by atoms with van der Waals surface area (Å²) in [5, 5.41) is 14.2. The topological polar surface area (TPSA) is 78.0 Å². The normalized spacial score (nSPS) is 10.8. The van der Waals surface area contributed by atoms with Crippen molar-refractivity contribution in [2.45, 2.75) is 13.5 Å². The van der Waals surface area contributed by atoms with Crippen molar-refractivity contribution in [1.29, 1.82) is 0 Å². The van der Waals surface area contributed by atoms with Crippen LogP contribution in [-0.2, 0) is 6.54 Å². The van der Waals surface area contributed by atoms with E-state index in [1.54, 1.807) is 25.4 Å². The van der Waals surface area contributed by atoms with Crippen LogP contribution in [0.2, 0.25) is 0 Å². The van der Waals surface area contributed by atoms with E-state index < -0.39 is 5.82 Å². The third-order valence-electron chi connectivity index (χ3n) is 3.61. The fourth-order valence-electron chi connectivity index (χ4n) is 2.33. The van der Waals surface area contributed by atoms with Gasteiger partial charge < -0.3 is 15.4 Å². The number of rotatable bonds is 3. The van der Waals surface area contributed by atoms with Gasteiger partial charge in [0, 0.05) is 36.0 Å². The monoisotopic (exact) mass is 299 g/mol. The number of benzene rings is 1. The van der Waals surface area contributed by atoms with E-state index in [0.29, 0.717) is 16.9 Å². The molecular weight excluding hydrogens is 285 g/mol. The number of halogens is 1. The van der Waals surface area contributed by atoms with Crippen molar-refractivity contribution >= 4 is 16.6 Å². The highest BCUT2D eigenvalue weighted by Gasteiger charge is 2.10. The van der Waals surface area contributed by atoms with Gasteiger partial charge in [0.15, 0.2) is 0 Å². The zero-order valence-electron chi connectivity index (χ0n) is 11.9. The number of phenols is 1. The summed E-state index contributed by atoms with van der Waals surface area (Å²) < 4.78 is 13.9. The molecule has 0 fully saturated rings. The Morgan fingerprint density at radius 2 is 2.18 bits per heavy atom. The van der Waals surface area contributed by atoms with Gasteiger partial charge in [0.1, 0.15) is 17.4 Å². The third-order valence-corrected chi connectivity index (χ3v) is 3.61. The number of aromatic amines is 1. The molecule has 0 aliphatic heterocycles. The van der Waals surface area contributed by atoms with Gasteiger partial charge >= 0.3 is 0 Å². The van der Waals surface area contributed by atoms with Gasteiger partial charge in [0.05, 0.1) is 0 Å². The highest BCUT2D eigenvalue weighted by Crippen LogP contribution is 2.25. The summed E-state index contributed by atoms with van der Waals surface area (Å²) in [4.78, 5) is 18.1. The molecule has 0 saturated carbocycles. The van der Waals surface area contributed by atoms with Crippen LogP contribution < -0.4 is 10.9 Å². The highest BCUT2D eigenvalue weighted by atomic mass is 19.1. The second-order valence-electron chi connectivity index (χ2n) is 4.98. The van der Waals surface area contributed by atoms with Gasteiger partial charge in [-0.05, 0) is 36.1 Å². The summed E-state index contributed by atoms with van der Waals surface area (Å²) in [6.07, 6.45) is 3.15. The number of pyridine rings is 2. The van der Waals surface area contributed by atoms with Gasteiger partial charge in [-0.25, -0.2) is 9.37 Å². The number of phenolic OH excluding ortho intramolecular Hbond substituents is 1. The second kappa shape index (κ2) is 5.48. The maximum Gasteiger partial charge on any atom is 0.248 e. The summed E-state index contributed by atoms with van der Waals surface area (Å²) >= 11 is 0. The van der Waals surface area contributed by atoms with Gasteiger partial charge in [0.2, 0.25) is 5.56 Å². The molecule has 0 atom stereocenters. The molecule has 5 nitrogen and oxygen atoms in total. The Kier molecular flexibility index (Phi) is 3.50. The van der Waals surface area contributed by atoms with Crippen LogP contribution in [0.3, 0.4) is 0 Å². The summed E-state index contributed by atoms with van der Waals surface area (Å²) in [6, 6.07) is 5.76. The molecule has 3 aromatic rings. The number of aromatic hydroxyl groups is 1. The van der Waals surface area contributed by atoms with Crippen molar-refractivity contribution in [2.24, 2.45) is 0 Å². The van der Waals surface area contributed by atoms with Gasteiger partial charge in [-0.15, -0.1) is 0 Å². The number of H-pyrrole nitrogens is 1. The summed E-state index contributed by atoms with van der Waals surface area (Å²) in [7, 11) is 0. The lowest BCUT2D eigenvalue weighted by molar-refractivity contribution is 0.467. The van der Waals surface area contributed by atoms with E-state index in [9.17, 15) is 14.3 Å². The van der Waals surface area contributed by atoms with E-state index in [4.69, 9.17) is 0 Å². The molecule has 0 radical (unpaired) electrons. The first-order valence-electron chi connectivity index (χ1n) is 6.74. The van der Waals surface area contributed by atoms with Crippen LogP contribution >= 0.6 is 0 Å². The standard InChI is InChI=1S/C16H14FN3O2/c1-9-11(13(17)2-3-14(9)21)7-20-16-12-8-19-15(22)6-10(12)4-5-18-16/h2-6,8,21H,7H2,1H3,(H,18,20)(H,19,22). The smallest absolute Gasteiger partial charge is 0.248 e.